The van der Waals surface area contributed by atoms with E-state index < -0.39 is 15.8 Å². The van der Waals surface area contributed by atoms with Crippen LogP contribution in [-0.2, 0) is 10.0 Å². The Labute approximate surface area is 127 Å². The summed E-state index contributed by atoms with van der Waals surface area (Å²) in [5, 5.41) is 0. The van der Waals surface area contributed by atoms with Crippen LogP contribution in [0.15, 0.2) is 56.3 Å². The van der Waals surface area contributed by atoms with Gasteiger partial charge in [0.15, 0.2) is 0 Å². The van der Waals surface area contributed by atoms with Crippen molar-refractivity contribution in [2.45, 2.75) is 4.90 Å². The van der Waals surface area contributed by atoms with Gasteiger partial charge in [-0.25, -0.2) is 12.8 Å². The zero-order chi connectivity index (χ0) is 14.0. The number of nitrogens with one attached hydrogen (secondary N) is 1. The van der Waals surface area contributed by atoms with E-state index in [0.29, 0.717) is 8.95 Å². The van der Waals surface area contributed by atoms with Crippen molar-refractivity contribution in [2.75, 3.05) is 4.72 Å². The Bertz CT molecular complexity index is 719. The van der Waals surface area contributed by atoms with Crippen molar-refractivity contribution in [3.8, 4) is 0 Å². The molecule has 2 aromatic rings. The summed E-state index contributed by atoms with van der Waals surface area (Å²) in [6, 6.07) is 10.4. The summed E-state index contributed by atoms with van der Waals surface area (Å²) in [4.78, 5) is 0.0531. The minimum atomic E-state index is -3.83. The summed E-state index contributed by atoms with van der Waals surface area (Å²) in [5.74, 6) is -0.648. The third-order valence-electron chi connectivity index (χ3n) is 2.30. The minimum absolute atomic E-state index is 0.0531. The number of hydrogen-bond donors (Lipinski definition) is 1. The van der Waals surface area contributed by atoms with Crippen LogP contribution in [0.1, 0.15) is 0 Å². The predicted octanol–water partition coefficient (Wildman–Crippen LogP) is 4.15. The molecule has 0 aliphatic carbocycles. The van der Waals surface area contributed by atoms with E-state index in [1.165, 1.54) is 18.2 Å². The standard InChI is InChI=1S/C12H8Br2FNO2S/c13-8-5-6-11(10(15)7-8)16-19(17,18)12-4-2-1-3-9(12)14/h1-7,16H. The van der Waals surface area contributed by atoms with Gasteiger partial charge in [0.2, 0.25) is 0 Å². The van der Waals surface area contributed by atoms with Crippen molar-refractivity contribution in [1.29, 1.82) is 0 Å². The Morgan fingerprint density at radius 2 is 1.74 bits per heavy atom. The van der Waals surface area contributed by atoms with Gasteiger partial charge in [-0.3, -0.25) is 4.72 Å². The lowest BCUT2D eigenvalue weighted by Crippen LogP contribution is -2.14. The van der Waals surface area contributed by atoms with Gasteiger partial charge in [0, 0.05) is 8.95 Å². The van der Waals surface area contributed by atoms with Gasteiger partial charge in [0.05, 0.1) is 5.69 Å². The highest BCUT2D eigenvalue weighted by molar-refractivity contribution is 9.10. The number of benzene rings is 2. The second kappa shape index (κ2) is 5.60. The molecule has 0 aliphatic rings. The van der Waals surface area contributed by atoms with E-state index in [1.54, 1.807) is 24.3 Å². The summed E-state index contributed by atoms with van der Waals surface area (Å²) in [7, 11) is -3.83. The van der Waals surface area contributed by atoms with Crippen molar-refractivity contribution in [3.05, 3.63) is 57.2 Å². The largest absolute Gasteiger partial charge is 0.277 e. The maximum Gasteiger partial charge on any atom is 0.263 e. The first kappa shape index (κ1) is 14.5. The third kappa shape index (κ3) is 3.34. The van der Waals surface area contributed by atoms with Gasteiger partial charge in [0.25, 0.3) is 10.0 Å². The molecule has 0 amide bonds. The molecule has 2 aromatic carbocycles. The normalized spacial score (nSPS) is 11.3. The van der Waals surface area contributed by atoms with E-state index in [1.807, 2.05) is 0 Å². The Balaban J connectivity index is 2.40. The molecule has 0 unspecified atom stereocenters. The Kier molecular flexibility index (Phi) is 4.27. The molecule has 0 fully saturated rings. The minimum Gasteiger partial charge on any atom is -0.277 e. The molecule has 7 heteroatoms. The molecule has 0 aliphatic heterocycles. The summed E-state index contributed by atoms with van der Waals surface area (Å²) in [6.07, 6.45) is 0. The molecule has 100 valence electrons. The van der Waals surface area contributed by atoms with Crippen molar-refractivity contribution in [3.63, 3.8) is 0 Å². The Hall–Kier alpha value is -0.920. The first-order chi connectivity index (χ1) is 8.90. The van der Waals surface area contributed by atoms with Gasteiger partial charge in [-0.2, -0.15) is 0 Å². The van der Waals surface area contributed by atoms with E-state index >= 15 is 0 Å². The Morgan fingerprint density at radius 3 is 2.37 bits per heavy atom. The molecule has 0 atom stereocenters. The Morgan fingerprint density at radius 1 is 1.05 bits per heavy atom. The fourth-order valence-corrected chi connectivity index (χ4v) is 3.84. The van der Waals surface area contributed by atoms with E-state index in [4.69, 9.17) is 0 Å². The molecule has 0 heterocycles. The average Bonchev–Trinajstić information content (AvgIpc) is 2.33. The highest BCUT2D eigenvalue weighted by atomic mass is 79.9. The van der Waals surface area contributed by atoms with Crippen LogP contribution >= 0.6 is 31.9 Å². The zero-order valence-corrected chi connectivity index (χ0v) is 13.4. The lowest BCUT2D eigenvalue weighted by atomic mass is 10.3. The van der Waals surface area contributed by atoms with Crippen LogP contribution in [0, 0.1) is 5.82 Å². The lowest BCUT2D eigenvalue weighted by Gasteiger charge is -2.10. The molecular weight excluding hydrogens is 401 g/mol. The van der Waals surface area contributed by atoms with Crippen molar-refractivity contribution < 1.29 is 12.8 Å². The predicted molar refractivity (Wildman–Crippen MR) is 79.1 cm³/mol. The number of hydrogen-bond acceptors (Lipinski definition) is 2. The molecular formula is C12H8Br2FNO2S. The van der Waals surface area contributed by atoms with Crippen LogP contribution in [0.3, 0.4) is 0 Å². The van der Waals surface area contributed by atoms with Crippen LogP contribution in [0.25, 0.3) is 0 Å². The van der Waals surface area contributed by atoms with Gasteiger partial charge in [-0.05, 0) is 46.3 Å². The summed E-state index contributed by atoms with van der Waals surface area (Å²) in [6.45, 7) is 0. The smallest absolute Gasteiger partial charge is 0.263 e. The lowest BCUT2D eigenvalue weighted by molar-refractivity contribution is 0.598. The quantitative estimate of drug-likeness (QED) is 0.828. The number of halogens is 3. The average molecular weight is 409 g/mol. The van der Waals surface area contributed by atoms with Crippen LogP contribution in [0.4, 0.5) is 10.1 Å². The maximum atomic E-state index is 13.6. The zero-order valence-electron chi connectivity index (χ0n) is 9.40. The molecule has 0 saturated heterocycles. The molecule has 0 saturated carbocycles. The van der Waals surface area contributed by atoms with Crippen LogP contribution in [0.5, 0.6) is 0 Å². The highest BCUT2D eigenvalue weighted by Crippen LogP contribution is 2.26. The molecule has 0 spiro atoms. The number of sulfonamides is 1. The van der Waals surface area contributed by atoms with Crippen molar-refractivity contribution >= 4 is 47.6 Å². The molecule has 3 nitrogen and oxygen atoms in total. The first-order valence-electron chi connectivity index (χ1n) is 5.12. The summed E-state index contributed by atoms with van der Waals surface area (Å²) >= 11 is 6.26. The van der Waals surface area contributed by atoms with Crippen LogP contribution in [-0.4, -0.2) is 8.42 Å². The van der Waals surface area contributed by atoms with Gasteiger partial charge < -0.3 is 0 Å². The number of rotatable bonds is 3. The number of anilines is 1. The van der Waals surface area contributed by atoms with E-state index in [2.05, 4.69) is 36.6 Å². The summed E-state index contributed by atoms with van der Waals surface area (Å²) in [5.41, 5.74) is -0.0982. The van der Waals surface area contributed by atoms with Gasteiger partial charge in [-0.15, -0.1) is 0 Å². The fourth-order valence-electron chi connectivity index (χ4n) is 1.43. The van der Waals surface area contributed by atoms with Crippen LogP contribution in [0.2, 0.25) is 0 Å². The molecule has 2 rings (SSSR count). The topological polar surface area (TPSA) is 46.2 Å². The molecule has 0 radical (unpaired) electrons. The SMILES string of the molecule is O=S(=O)(Nc1ccc(Br)cc1F)c1ccccc1Br. The van der Waals surface area contributed by atoms with Gasteiger partial charge >= 0.3 is 0 Å². The van der Waals surface area contributed by atoms with E-state index in [9.17, 15) is 12.8 Å². The maximum absolute atomic E-state index is 13.6. The monoisotopic (exact) mass is 407 g/mol. The van der Waals surface area contributed by atoms with Crippen LogP contribution < -0.4 is 4.72 Å². The van der Waals surface area contributed by atoms with E-state index in [0.717, 1.165) is 0 Å². The third-order valence-corrected chi connectivity index (χ3v) is 5.17. The highest BCUT2D eigenvalue weighted by Gasteiger charge is 2.18. The van der Waals surface area contributed by atoms with Crippen molar-refractivity contribution in [1.82, 2.24) is 0 Å². The molecule has 1 N–H and O–H groups in total. The fraction of sp³-hybridized carbons (Fsp3) is 0. The summed E-state index contributed by atoms with van der Waals surface area (Å²) < 4.78 is 41.1. The molecule has 0 aromatic heterocycles. The van der Waals surface area contributed by atoms with Gasteiger partial charge in [-0.1, -0.05) is 28.1 Å². The van der Waals surface area contributed by atoms with Gasteiger partial charge in [0.1, 0.15) is 10.7 Å². The second-order valence-electron chi connectivity index (χ2n) is 3.66. The second-order valence-corrected chi connectivity index (χ2v) is 7.08. The first-order valence-corrected chi connectivity index (χ1v) is 8.19. The molecule has 19 heavy (non-hydrogen) atoms. The van der Waals surface area contributed by atoms with Crippen molar-refractivity contribution in [2.24, 2.45) is 0 Å². The van der Waals surface area contributed by atoms with E-state index in [-0.39, 0.29) is 10.6 Å². The molecule has 0 bridgehead atoms.